The first-order valence-corrected chi connectivity index (χ1v) is 10.2. The molecule has 0 aliphatic rings. The first-order chi connectivity index (χ1) is 13.3. The summed E-state index contributed by atoms with van der Waals surface area (Å²) in [7, 11) is 0. The third kappa shape index (κ3) is 5.97. The van der Waals surface area contributed by atoms with Crippen LogP contribution in [0.4, 0.5) is 0 Å². The number of rotatable bonds is 8. The van der Waals surface area contributed by atoms with Gasteiger partial charge in [-0.15, -0.1) is 0 Å². The van der Waals surface area contributed by atoms with Crippen LogP contribution in [0, 0.1) is 6.92 Å². The Hall–Kier alpha value is -2.05. The Balaban J connectivity index is 2.16. The average molecular weight is 468 g/mol. The minimum absolute atomic E-state index is 0.171. The SMILES string of the molecule is CCNC(=O)C(C)N(Cc1ccccc1Cl)C(=O)COc1ccc(Br)c(C)c1. The third-order valence-electron chi connectivity index (χ3n) is 4.31. The van der Waals surface area contributed by atoms with Gasteiger partial charge in [0.2, 0.25) is 5.91 Å². The van der Waals surface area contributed by atoms with E-state index in [0.717, 1.165) is 15.6 Å². The van der Waals surface area contributed by atoms with Crippen LogP contribution in [0.25, 0.3) is 0 Å². The molecular weight excluding hydrogens is 444 g/mol. The van der Waals surface area contributed by atoms with E-state index in [0.29, 0.717) is 17.3 Å². The highest BCUT2D eigenvalue weighted by Gasteiger charge is 2.26. The van der Waals surface area contributed by atoms with Crippen LogP contribution in [-0.2, 0) is 16.1 Å². The molecule has 2 amide bonds. The van der Waals surface area contributed by atoms with Crippen LogP contribution in [0.5, 0.6) is 5.75 Å². The Morgan fingerprint density at radius 1 is 1.25 bits per heavy atom. The summed E-state index contributed by atoms with van der Waals surface area (Å²) in [6.45, 7) is 6.02. The fraction of sp³-hybridized carbons (Fsp3) is 0.333. The summed E-state index contributed by atoms with van der Waals surface area (Å²) in [6.07, 6.45) is 0. The lowest BCUT2D eigenvalue weighted by Gasteiger charge is -2.29. The van der Waals surface area contributed by atoms with Crippen molar-refractivity contribution < 1.29 is 14.3 Å². The van der Waals surface area contributed by atoms with Gasteiger partial charge < -0.3 is 15.0 Å². The van der Waals surface area contributed by atoms with E-state index in [-0.39, 0.29) is 25.0 Å². The zero-order valence-corrected chi connectivity index (χ0v) is 18.5. The molecule has 1 N–H and O–H groups in total. The second-order valence-corrected chi connectivity index (χ2v) is 7.64. The Kier molecular flexibility index (Phi) is 8.33. The van der Waals surface area contributed by atoms with Crippen LogP contribution >= 0.6 is 27.5 Å². The fourth-order valence-corrected chi connectivity index (χ4v) is 3.09. The molecule has 28 heavy (non-hydrogen) atoms. The number of hydrogen-bond donors (Lipinski definition) is 1. The average Bonchev–Trinajstić information content (AvgIpc) is 2.67. The number of hydrogen-bond acceptors (Lipinski definition) is 3. The van der Waals surface area contributed by atoms with Crippen molar-refractivity contribution in [3.05, 3.63) is 63.1 Å². The molecule has 5 nitrogen and oxygen atoms in total. The lowest BCUT2D eigenvalue weighted by molar-refractivity contribution is -0.142. The Morgan fingerprint density at radius 2 is 1.96 bits per heavy atom. The summed E-state index contributed by atoms with van der Waals surface area (Å²) in [5.74, 6) is 0.0824. The molecule has 0 saturated heterocycles. The molecule has 1 unspecified atom stereocenters. The van der Waals surface area contributed by atoms with Crippen LogP contribution in [0.1, 0.15) is 25.0 Å². The summed E-state index contributed by atoms with van der Waals surface area (Å²) in [4.78, 5) is 26.7. The monoisotopic (exact) mass is 466 g/mol. The number of nitrogens with zero attached hydrogens (tertiary/aromatic N) is 1. The molecule has 0 radical (unpaired) electrons. The first kappa shape index (κ1) is 22.2. The number of amides is 2. The Labute approximate surface area is 179 Å². The first-order valence-electron chi connectivity index (χ1n) is 9.03. The smallest absolute Gasteiger partial charge is 0.261 e. The van der Waals surface area contributed by atoms with E-state index in [1.165, 1.54) is 4.90 Å². The largest absolute Gasteiger partial charge is 0.484 e. The van der Waals surface area contributed by atoms with Crippen molar-refractivity contribution in [1.82, 2.24) is 10.2 Å². The fourth-order valence-electron chi connectivity index (χ4n) is 2.65. The van der Waals surface area contributed by atoms with Gasteiger partial charge in [-0.25, -0.2) is 0 Å². The van der Waals surface area contributed by atoms with Crippen molar-refractivity contribution in [2.75, 3.05) is 13.2 Å². The van der Waals surface area contributed by atoms with Crippen molar-refractivity contribution >= 4 is 39.3 Å². The van der Waals surface area contributed by atoms with Crippen LogP contribution in [0.15, 0.2) is 46.9 Å². The van der Waals surface area contributed by atoms with E-state index in [1.54, 1.807) is 19.1 Å². The number of carbonyl (C=O) groups excluding carboxylic acids is 2. The number of ether oxygens (including phenoxy) is 1. The topological polar surface area (TPSA) is 58.6 Å². The standard InChI is InChI=1S/C21H24BrClN2O3/c1-4-24-21(27)15(3)25(12-16-7-5-6-8-19(16)23)20(26)13-28-17-9-10-18(22)14(2)11-17/h5-11,15H,4,12-13H2,1-3H3,(H,24,27). The maximum absolute atomic E-state index is 12.9. The molecule has 0 heterocycles. The van der Waals surface area contributed by atoms with E-state index >= 15 is 0 Å². The number of aryl methyl sites for hydroxylation is 1. The van der Waals surface area contributed by atoms with Crippen LogP contribution in [0.2, 0.25) is 5.02 Å². The summed E-state index contributed by atoms with van der Waals surface area (Å²) in [5.41, 5.74) is 1.78. The molecular formula is C21H24BrClN2O3. The Morgan fingerprint density at radius 3 is 2.61 bits per heavy atom. The maximum Gasteiger partial charge on any atom is 0.261 e. The number of likely N-dealkylation sites (N-methyl/N-ethyl adjacent to an activating group) is 1. The van der Waals surface area contributed by atoms with Crippen molar-refractivity contribution in [3.63, 3.8) is 0 Å². The van der Waals surface area contributed by atoms with Crippen molar-refractivity contribution in [1.29, 1.82) is 0 Å². The number of nitrogens with one attached hydrogen (secondary N) is 1. The van der Waals surface area contributed by atoms with Crippen LogP contribution in [0.3, 0.4) is 0 Å². The van der Waals surface area contributed by atoms with E-state index in [9.17, 15) is 9.59 Å². The predicted octanol–water partition coefficient (Wildman–Crippen LogP) is 4.34. The van der Waals surface area contributed by atoms with Crippen LogP contribution < -0.4 is 10.1 Å². The van der Waals surface area contributed by atoms with E-state index in [1.807, 2.05) is 44.2 Å². The second kappa shape index (κ2) is 10.5. The van der Waals surface area contributed by atoms with Gasteiger partial charge in [0.1, 0.15) is 11.8 Å². The summed E-state index contributed by atoms with van der Waals surface area (Å²) >= 11 is 9.69. The molecule has 0 fully saturated rings. The summed E-state index contributed by atoms with van der Waals surface area (Å²) < 4.78 is 6.63. The van der Waals surface area contributed by atoms with Gasteiger partial charge in [0, 0.05) is 22.6 Å². The van der Waals surface area contributed by atoms with Crippen molar-refractivity contribution in [2.45, 2.75) is 33.4 Å². The van der Waals surface area contributed by atoms with Gasteiger partial charge in [-0.3, -0.25) is 9.59 Å². The van der Waals surface area contributed by atoms with Crippen molar-refractivity contribution in [2.24, 2.45) is 0 Å². The highest BCUT2D eigenvalue weighted by atomic mass is 79.9. The van der Waals surface area contributed by atoms with Gasteiger partial charge in [-0.05, 0) is 56.2 Å². The highest BCUT2D eigenvalue weighted by molar-refractivity contribution is 9.10. The number of halogens is 2. The van der Waals surface area contributed by atoms with Crippen LogP contribution in [-0.4, -0.2) is 35.9 Å². The molecule has 1 atom stereocenters. The maximum atomic E-state index is 12.9. The number of carbonyl (C=O) groups is 2. The van der Waals surface area contributed by atoms with E-state index in [2.05, 4.69) is 21.2 Å². The van der Waals surface area contributed by atoms with Crippen molar-refractivity contribution in [3.8, 4) is 5.75 Å². The second-order valence-electron chi connectivity index (χ2n) is 6.38. The van der Waals surface area contributed by atoms with Gasteiger partial charge in [-0.2, -0.15) is 0 Å². The Bertz CT molecular complexity index is 844. The van der Waals surface area contributed by atoms with Gasteiger partial charge in [-0.1, -0.05) is 45.7 Å². The summed E-state index contributed by atoms with van der Waals surface area (Å²) in [5, 5.41) is 3.31. The molecule has 0 aliphatic carbocycles. The van der Waals surface area contributed by atoms with E-state index < -0.39 is 6.04 Å². The minimum Gasteiger partial charge on any atom is -0.484 e. The summed E-state index contributed by atoms with van der Waals surface area (Å²) in [6, 6.07) is 12.1. The molecule has 0 bridgehead atoms. The number of benzene rings is 2. The predicted molar refractivity (Wildman–Crippen MR) is 115 cm³/mol. The molecule has 0 aromatic heterocycles. The zero-order chi connectivity index (χ0) is 20.7. The van der Waals surface area contributed by atoms with Gasteiger partial charge in [0.05, 0.1) is 0 Å². The molecule has 2 aromatic rings. The third-order valence-corrected chi connectivity index (χ3v) is 5.57. The lowest BCUT2D eigenvalue weighted by Crippen LogP contribution is -2.49. The van der Waals surface area contributed by atoms with Gasteiger partial charge in [0.15, 0.2) is 6.61 Å². The van der Waals surface area contributed by atoms with E-state index in [4.69, 9.17) is 16.3 Å². The molecule has 2 rings (SSSR count). The normalized spacial score (nSPS) is 11.6. The highest BCUT2D eigenvalue weighted by Crippen LogP contribution is 2.22. The molecule has 0 saturated carbocycles. The lowest BCUT2D eigenvalue weighted by atomic mass is 10.1. The molecule has 7 heteroatoms. The molecule has 150 valence electrons. The van der Waals surface area contributed by atoms with Gasteiger partial charge >= 0.3 is 0 Å². The molecule has 0 aliphatic heterocycles. The molecule has 2 aromatic carbocycles. The van der Waals surface area contributed by atoms with Gasteiger partial charge in [0.25, 0.3) is 5.91 Å². The minimum atomic E-state index is -0.654. The molecule has 0 spiro atoms. The quantitative estimate of drug-likeness (QED) is 0.628. The zero-order valence-electron chi connectivity index (χ0n) is 16.2.